The van der Waals surface area contributed by atoms with Gasteiger partial charge in [-0.3, -0.25) is 0 Å². The van der Waals surface area contributed by atoms with Crippen LogP contribution in [0, 0.1) is 0 Å². The van der Waals surface area contributed by atoms with Gasteiger partial charge < -0.3 is 14.8 Å². The van der Waals surface area contributed by atoms with E-state index in [2.05, 4.69) is 51.1 Å². The number of nitrogens with one attached hydrogen (secondary N) is 1. The summed E-state index contributed by atoms with van der Waals surface area (Å²) < 4.78 is 13.9. The molecule has 2 aliphatic rings. The summed E-state index contributed by atoms with van der Waals surface area (Å²) in [7, 11) is 1.67. The number of para-hydroxylation sites is 1. The van der Waals surface area contributed by atoms with Gasteiger partial charge in [-0.05, 0) is 41.3 Å². The minimum Gasteiger partial charge on any atom is -0.497 e. The van der Waals surface area contributed by atoms with Crippen molar-refractivity contribution in [3.63, 3.8) is 0 Å². The number of ether oxygens (including phenoxy) is 2. The number of rotatable bonds is 3. The van der Waals surface area contributed by atoms with E-state index < -0.39 is 0 Å². The Morgan fingerprint density at radius 3 is 2.73 bits per heavy atom. The Hall–Kier alpha value is -3.58. The number of hydrogen-bond acceptors (Lipinski definition) is 6. The van der Waals surface area contributed by atoms with Crippen LogP contribution in [0.1, 0.15) is 28.1 Å². The first-order valence-electron chi connectivity index (χ1n) is 9.67. The van der Waals surface area contributed by atoms with Gasteiger partial charge in [0.05, 0.1) is 12.8 Å². The Morgan fingerprint density at radius 1 is 1.07 bits per heavy atom. The summed E-state index contributed by atoms with van der Waals surface area (Å²) in [6, 6.07) is 20.3. The van der Waals surface area contributed by atoms with Crippen molar-refractivity contribution >= 4 is 23.0 Å². The minimum absolute atomic E-state index is 0.0980. The van der Waals surface area contributed by atoms with Gasteiger partial charge in [0.25, 0.3) is 0 Å². The van der Waals surface area contributed by atoms with Crippen LogP contribution >= 0.6 is 11.3 Å². The quantitative estimate of drug-likeness (QED) is 0.516. The van der Waals surface area contributed by atoms with E-state index in [9.17, 15) is 0 Å². The van der Waals surface area contributed by atoms with Crippen molar-refractivity contribution in [1.82, 2.24) is 14.8 Å². The van der Waals surface area contributed by atoms with Crippen molar-refractivity contribution < 1.29 is 9.47 Å². The molecule has 2 atom stereocenters. The summed E-state index contributed by atoms with van der Waals surface area (Å²) in [4.78, 5) is 5.65. The lowest BCUT2D eigenvalue weighted by atomic mass is 9.87. The van der Waals surface area contributed by atoms with E-state index in [-0.39, 0.29) is 12.1 Å². The molecule has 2 aromatic carbocycles. The zero-order valence-electron chi connectivity index (χ0n) is 16.1. The predicted octanol–water partition coefficient (Wildman–Crippen LogP) is 4.91. The fourth-order valence-corrected chi connectivity index (χ4v) is 5.02. The Morgan fingerprint density at radius 2 is 1.93 bits per heavy atom. The van der Waals surface area contributed by atoms with Crippen molar-refractivity contribution in [2.24, 2.45) is 0 Å². The molecule has 0 saturated carbocycles. The predicted molar refractivity (Wildman–Crippen MR) is 116 cm³/mol. The Balaban J connectivity index is 1.60. The molecule has 148 valence electrons. The third-order valence-electron chi connectivity index (χ3n) is 5.55. The first-order valence-corrected chi connectivity index (χ1v) is 10.6. The maximum Gasteiger partial charge on any atom is 0.226 e. The summed E-state index contributed by atoms with van der Waals surface area (Å²) >= 11 is 1.71. The summed E-state index contributed by atoms with van der Waals surface area (Å²) in [6.45, 7) is 0. The SMILES string of the molecule is COc1ccc([C@H]2Oc3ccccc3C3=C2[C@H](c2cccs2)n2ncnc2N3)cc1. The van der Waals surface area contributed by atoms with E-state index in [4.69, 9.17) is 9.47 Å². The highest BCUT2D eigenvalue weighted by atomic mass is 32.1. The lowest BCUT2D eigenvalue weighted by molar-refractivity contribution is 0.223. The molecule has 0 saturated heterocycles. The number of thiophene rings is 1. The molecule has 2 aromatic heterocycles. The maximum atomic E-state index is 6.59. The van der Waals surface area contributed by atoms with Crippen molar-refractivity contribution in [2.45, 2.75) is 12.1 Å². The number of methoxy groups -OCH3 is 1. The van der Waals surface area contributed by atoms with Gasteiger partial charge in [0.15, 0.2) is 0 Å². The smallest absolute Gasteiger partial charge is 0.226 e. The van der Waals surface area contributed by atoms with E-state index >= 15 is 0 Å². The molecule has 1 N–H and O–H groups in total. The Bertz CT molecular complexity index is 1240. The summed E-state index contributed by atoms with van der Waals surface area (Å²) in [5.41, 5.74) is 4.26. The Labute approximate surface area is 177 Å². The average molecular weight is 414 g/mol. The van der Waals surface area contributed by atoms with Crippen molar-refractivity contribution in [3.05, 3.63) is 93.9 Å². The molecule has 0 amide bonds. The van der Waals surface area contributed by atoms with Crippen LogP contribution in [-0.4, -0.2) is 21.9 Å². The van der Waals surface area contributed by atoms with Crippen LogP contribution in [0.4, 0.5) is 5.95 Å². The maximum absolute atomic E-state index is 6.59. The first kappa shape index (κ1) is 17.3. The number of aromatic nitrogens is 3. The molecule has 30 heavy (non-hydrogen) atoms. The minimum atomic E-state index is -0.266. The van der Waals surface area contributed by atoms with Crippen molar-refractivity contribution in [3.8, 4) is 11.5 Å². The number of benzene rings is 2. The van der Waals surface area contributed by atoms with Crippen molar-refractivity contribution in [2.75, 3.05) is 12.4 Å². The lowest BCUT2D eigenvalue weighted by Crippen LogP contribution is -2.32. The zero-order chi connectivity index (χ0) is 20.1. The van der Waals surface area contributed by atoms with Crippen LogP contribution in [0.5, 0.6) is 11.5 Å². The largest absolute Gasteiger partial charge is 0.497 e. The van der Waals surface area contributed by atoms with E-state index in [0.29, 0.717) is 0 Å². The summed E-state index contributed by atoms with van der Waals surface area (Å²) in [5, 5.41) is 10.1. The molecular weight excluding hydrogens is 396 g/mol. The van der Waals surface area contributed by atoms with Gasteiger partial charge in [-0.15, -0.1) is 11.3 Å². The number of hydrogen-bond donors (Lipinski definition) is 1. The zero-order valence-corrected chi connectivity index (χ0v) is 17.0. The van der Waals surface area contributed by atoms with Crippen LogP contribution in [0.25, 0.3) is 5.70 Å². The number of nitrogens with zero attached hydrogens (tertiary/aromatic N) is 3. The molecule has 4 aromatic rings. The van der Waals surface area contributed by atoms with Gasteiger partial charge in [-0.2, -0.15) is 10.1 Å². The highest BCUT2D eigenvalue weighted by molar-refractivity contribution is 7.10. The van der Waals surface area contributed by atoms with Crippen LogP contribution in [-0.2, 0) is 0 Å². The molecule has 2 aliphatic heterocycles. The first-order chi connectivity index (χ1) is 14.8. The number of anilines is 1. The van der Waals surface area contributed by atoms with E-state index in [0.717, 1.165) is 39.8 Å². The second-order valence-corrected chi connectivity index (χ2v) is 8.15. The fraction of sp³-hybridized carbons (Fsp3) is 0.130. The molecule has 0 fully saturated rings. The topological polar surface area (TPSA) is 61.2 Å². The molecule has 0 spiro atoms. The van der Waals surface area contributed by atoms with E-state index in [1.807, 2.05) is 35.0 Å². The summed E-state index contributed by atoms with van der Waals surface area (Å²) in [6.07, 6.45) is 1.33. The average Bonchev–Trinajstić information content (AvgIpc) is 3.49. The van der Waals surface area contributed by atoms with Gasteiger partial charge in [-0.1, -0.05) is 30.3 Å². The molecule has 0 aliphatic carbocycles. The lowest BCUT2D eigenvalue weighted by Gasteiger charge is -2.38. The molecular formula is C23H18N4O2S. The molecule has 7 heteroatoms. The van der Waals surface area contributed by atoms with Crippen LogP contribution < -0.4 is 14.8 Å². The second-order valence-electron chi connectivity index (χ2n) is 7.17. The molecule has 6 rings (SSSR count). The summed E-state index contributed by atoms with van der Waals surface area (Å²) in [5.74, 6) is 2.40. The third kappa shape index (κ3) is 2.55. The fourth-order valence-electron chi connectivity index (χ4n) is 4.19. The van der Waals surface area contributed by atoms with E-state index in [1.54, 1.807) is 24.8 Å². The van der Waals surface area contributed by atoms with Gasteiger partial charge in [0.1, 0.15) is 30.0 Å². The van der Waals surface area contributed by atoms with Gasteiger partial charge in [-0.25, -0.2) is 4.68 Å². The monoisotopic (exact) mass is 414 g/mol. The van der Waals surface area contributed by atoms with Crippen LogP contribution in [0.3, 0.4) is 0 Å². The molecule has 0 unspecified atom stereocenters. The van der Waals surface area contributed by atoms with E-state index in [1.165, 1.54) is 4.88 Å². The third-order valence-corrected chi connectivity index (χ3v) is 6.48. The van der Waals surface area contributed by atoms with Crippen molar-refractivity contribution in [1.29, 1.82) is 0 Å². The highest BCUT2D eigenvalue weighted by Gasteiger charge is 2.41. The standard InChI is InChI=1S/C23H18N4O2S/c1-28-15-10-8-14(9-11-15)22-19-20(16-5-2-3-6-17(16)29-22)26-23-24-13-25-27(23)21(19)18-7-4-12-30-18/h2-13,21-22H,1H3,(H,24,25,26)/t21-,22+/m0/s1. The normalized spacial score (nSPS) is 19.2. The molecule has 0 radical (unpaired) electrons. The molecule has 0 bridgehead atoms. The highest BCUT2D eigenvalue weighted by Crippen LogP contribution is 2.51. The Kier molecular flexibility index (Phi) is 3.89. The van der Waals surface area contributed by atoms with Crippen LogP contribution in [0.2, 0.25) is 0 Å². The molecule has 4 heterocycles. The molecule has 6 nitrogen and oxygen atoms in total. The second kappa shape index (κ2) is 6.74. The van der Waals surface area contributed by atoms with Gasteiger partial charge >= 0.3 is 0 Å². The van der Waals surface area contributed by atoms with Crippen LogP contribution in [0.15, 0.2) is 77.9 Å². The number of fused-ring (bicyclic) bond motifs is 3. The van der Waals surface area contributed by atoms with Gasteiger partial charge in [0.2, 0.25) is 5.95 Å². The van der Waals surface area contributed by atoms with Gasteiger partial charge in [0, 0.05) is 16.0 Å².